The van der Waals surface area contributed by atoms with E-state index in [1.165, 1.54) is 0 Å². The second kappa shape index (κ2) is 8.72. The molecule has 0 aliphatic carbocycles. The molecule has 24 heavy (non-hydrogen) atoms. The van der Waals surface area contributed by atoms with Crippen LogP contribution in [-0.2, 0) is 16.1 Å². The van der Waals surface area contributed by atoms with E-state index in [1.54, 1.807) is 24.3 Å². The molecule has 0 bridgehead atoms. The molecule has 5 nitrogen and oxygen atoms in total. The first-order valence-corrected chi connectivity index (χ1v) is 7.81. The molecular formula is C19H21NO4. The Kier molecular flexibility index (Phi) is 6.37. The fourth-order valence-corrected chi connectivity index (χ4v) is 2.20. The maximum absolute atomic E-state index is 12.1. The molecule has 1 amide bonds. The van der Waals surface area contributed by atoms with E-state index in [1.807, 2.05) is 38.1 Å². The molecule has 0 radical (unpaired) electrons. The second-order valence-electron chi connectivity index (χ2n) is 5.27. The van der Waals surface area contributed by atoms with Crippen LogP contribution in [0.4, 0.5) is 0 Å². The number of benzene rings is 2. The van der Waals surface area contributed by atoms with Crippen molar-refractivity contribution in [3.05, 3.63) is 65.2 Å². The Morgan fingerprint density at radius 2 is 1.88 bits per heavy atom. The molecule has 1 N–H and O–H groups in total. The van der Waals surface area contributed by atoms with Crippen molar-refractivity contribution >= 4 is 11.9 Å². The summed E-state index contributed by atoms with van der Waals surface area (Å²) in [4.78, 5) is 23.9. The lowest BCUT2D eigenvalue weighted by Gasteiger charge is -2.10. The number of nitrogens with one attached hydrogen (secondary N) is 1. The quantitative estimate of drug-likeness (QED) is 0.794. The van der Waals surface area contributed by atoms with Gasteiger partial charge >= 0.3 is 5.97 Å². The lowest BCUT2D eigenvalue weighted by Crippen LogP contribution is -2.28. The lowest BCUT2D eigenvalue weighted by molar-refractivity contribution is -0.124. The largest absolute Gasteiger partial charge is 0.493 e. The van der Waals surface area contributed by atoms with Gasteiger partial charge < -0.3 is 14.8 Å². The highest BCUT2D eigenvalue weighted by Crippen LogP contribution is 2.18. The topological polar surface area (TPSA) is 64.6 Å². The summed E-state index contributed by atoms with van der Waals surface area (Å²) in [5.41, 5.74) is 2.43. The summed E-state index contributed by atoms with van der Waals surface area (Å²) >= 11 is 0. The van der Waals surface area contributed by atoms with Crippen LogP contribution in [0.1, 0.15) is 28.4 Å². The molecule has 126 valence electrons. The van der Waals surface area contributed by atoms with Gasteiger partial charge in [-0.1, -0.05) is 42.0 Å². The van der Waals surface area contributed by atoms with E-state index in [2.05, 4.69) is 5.32 Å². The van der Waals surface area contributed by atoms with E-state index in [9.17, 15) is 9.59 Å². The standard InChI is InChI=1S/C19H21NO4/c1-3-23-17-10-5-4-9-16(17)19(22)24-13-18(21)20-12-15-8-6-7-14(2)11-15/h4-11H,3,12-13H2,1-2H3,(H,20,21). The third-order valence-electron chi connectivity index (χ3n) is 3.31. The van der Waals surface area contributed by atoms with Gasteiger partial charge in [-0.15, -0.1) is 0 Å². The van der Waals surface area contributed by atoms with Gasteiger partial charge in [0.2, 0.25) is 0 Å². The molecule has 0 aliphatic rings. The van der Waals surface area contributed by atoms with Crippen molar-refractivity contribution in [2.45, 2.75) is 20.4 Å². The average molecular weight is 327 g/mol. The number of aryl methyl sites for hydroxylation is 1. The average Bonchev–Trinajstić information content (AvgIpc) is 2.59. The molecule has 0 aliphatic heterocycles. The Hall–Kier alpha value is -2.82. The molecule has 5 heteroatoms. The summed E-state index contributed by atoms with van der Waals surface area (Å²) < 4.78 is 10.4. The van der Waals surface area contributed by atoms with Crippen LogP contribution < -0.4 is 10.1 Å². The molecule has 0 unspecified atom stereocenters. The van der Waals surface area contributed by atoms with Crippen LogP contribution in [-0.4, -0.2) is 25.1 Å². The van der Waals surface area contributed by atoms with E-state index in [0.29, 0.717) is 24.5 Å². The van der Waals surface area contributed by atoms with Gasteiger partial charge in [-0.3, -0.25) is 4.79 Å². The van der Waals surface area contributed by atoms with Crippen LogP contribution in [0.2, 0.25) is 0 Å². The fraction of sp³-hybridized carbons (Fsp3) is 0.263. The fourth-order valence-electron chi connectivity index (χ4n) is 2.20. The summed E-state index contributed by atoms with van der Waals surface area (Å²) in [5.74, 6) is -0.478. The van der Waals surface area contributed by atoms with Gasteiger partial charge in [-0.05, 0) is 31.5 Å². The number of para-hydroxylation sites is 1. The molecule has 2 aromatic rings. The molecule has 0 saturated heterocycles. The smallest absolute Gasteiger partial charge is 0.342 e. The molecule has 0 spiro atoms. The zero-order valence-corrected chi connectivity index (χ0v) is 13.9. The van der Waals surface area contributed by atoms with Crippen LogP contribution in [0.5, 0.6) is 5.75 Å². The predicted octanol–water partition coefficient (Wildman–Crippen LogP) is 2.87. The third kappa shape index (κ3) is 5.12. The summed E-state index contributed by atoms with van der Waals surface area (Å²) in [6, 6.07) is 14.6. The Morgan fingerprint density at radius 1 is 1.08 bits per heavy atom. The first-order valence-electron chi connectivity index (χ1n) is 7.81. The minimum atomic E-state index is -0.579. The Bertz CT molecular complexity index is 712. The van der Waals surface area contributed by atoms with Crippen molar-refractivity contribution in [1.29, 1.82) is 0 Å². The number of carbonyl (C=O) groups is 2. The highest BCUT2D eigenvalue weighted by molar-refractivity contribution is 5.93. The van der Waals surface area contributed by atoms with Crippen molar-refractivity contribution in [2.75, 3.05) is 13.2 Å². The molecule has 2 rings (SSSR count). The molecule has 0 aromatic heterocycles. The van der Waals surface area contributed by atoms with E-state index in [0.717, 1.165) is 11.1 Å². The monoisotopic (exact) mass is 327 g/mol. The van der Waals surface area contributed by atoms with Gasteiger partial charge in [0.25, 0.3) is 5.91 Å². The first-order chi connectivity index (χ1) is 11.6. The minimum absolute atomic E-state index is 0.311. The number of hydrogen-bond donors (Lipinski definition) is 1. The van der Waals surface area contributed by atoms with Crippen molar-refractivity contribution in [3.8, 4) is 5.75 Å². The number of amides is 1. The zero-order chi connectivity index (χ0) is 17.4. The third-order valence-corrected chi connectivity index (χ3v) is 3.31. The number of rotatable bonds is 7. The Morgan fingerprint density at radius 3 is 2.62 bits per heavy atom. The van der Waals surface area contributed by atoms with Crippen LogP contribution >= 0.6 is 0 Å². The molecule has 0 heterocycles. The van der Waals surface area contributed by atoms with E-state index in [-0.39, 0.29) is 12.5 Å². The number of ether oxygens (including phenoxy) is 2. The minimum Gasteiger partial charge on any atom is -0.493 e. The summed E-state index contributed by atoms with van der Waals surface area (Å²) in [5, 5.41) is 2.73. The van der Waals surface area contributed by atoms with Crippen LogP contribution in [0.25, 0.3) is 0 Å². The normalized spacial score (nSPS) is 10.1. The SMILES string of the molecule is CCOc1ccccc1C(=O)OCC(=O)NCc1cccc(C)c1. The van der Waals surface area contributed by atoms with Crippen molar-refractivity contribution < 1.29 is 19.1 Å². The van der Waals surface area contributed by atoms with Gasteiger partial charge in [0, 0.05) is 6.54 Å². The highest BCUT2D eigenvalue weighted by Gasteiger charge is 2.14. The Balaban J connectivity index is 1.84. The molecule has 0 saturated carbocycles. The highest BCUT2D eigenvalue weighted by atomic mass is 16.5. The van der Waals surface area contributed by atoms with Crippen LogP contribution in [0, 0.1) is 6.92 Å². The summed E-state index contributed by atoms with van der Waals surface area (Å²) in [6.07, 6.45) is 0. The van der Waals surface area contributed by atoms with E-state index >= 15 is 0 Å². The predicted molar refractivity (Wildman–Crippen MR) is 90.9 cm³/mol. The van der Waals surface area contributed by atoms with Gasteiger partial charge in [0.15, 0.2) is 6.61 Å². The summed E-state index contributed by atoms with van der Waals surface area (Å²) in [7, 11) is 0. The van der Waals surface area contributed by atoms with E-state index < -0.39 is 5.97 Å². The van der Waals surface area contributed by atoms with Gasteiger partial charge in [-0.2, -0.15) is 0 Å². The number of esters is 1. The first kappa shape index (κ1) is 17.5. The molecule has 2 aromatic carbocycles. The second-order valence-corrected chi connectivity index (χ2v) is 5.27. The van der Waals surface area contributed by atoms with Crippen molar-refractivity contribution in [1.82, 2.24) is 5.32 Å². The van der Waals surface area contributed by atoms with Crippen LogP contribution in [0.15, 0.2) is 48.5 Å². The molecule has 0 atom stereocenters. The van der Waals surface area contributed by atoms with E-state index in [4.69, 9.17) is 9.47 Å². The number of carbonyl (C=O) groups excluding carboxylic acids is 2. The van der Waals surface area contributed by atoms with Crippen molar-refractivity contribution in [2.24, 2.45) is 0 Å². The van der Waals surface area contributed by atoms with Crippen LogP contribution in [0.3, 0.4) is 0 Å². The lowest BCUT2D eigenvalue weighted by atomic mass is 10.1. The van der Waals surface area contributed by atoms with Gasteiger partial charge in [-0.25, -0.2) is 4.79 Å². The van der Waals surface area contributed by atoms with Crippen molar-refractivity contribution in [3.63, 3.8) is 0 Å². The van der Waals surface area contributed by atoms with Gasteiger partial charge in [0.05, 0.1) is 6.61 Å². The Labute approximate surface area is 141 Å². The summed E-state index contributed by atoms with van der Waals surface area (Å²) in [6.45, 7) is 4.34. The zero-order valence-electron chi connectivity index (χ0n) is 13.9. The molecular weight excluding hydrogens is 306 g/mol. The maximum atomic E-state index is 12.1. The van der Waals surface area contributed by atoms with Gasteiger partial charge in [0.1, 0.15) is 11.3 Å². The number of hydrogen-bond acceptors (Lipinski definition) is 4. The molecule has 0 fully saturated rings. The maximum Gasteiger partial charge on any atom is 0.342 e.